The summed E-state index contributed by atoms with van der Waals surface area (Å²) in [6, 6.07) is 4.03. The molecule has 1 aromatic carbocycles. The molecule has 2 saturated heterocycles. The van der Waals surface area contributed by atoms with E-state index in [4.69, 9.17) is 0 Å². The molecule has 1 aromatic rings. The molecule has 0 aromatic heterocycles. The molecule has 2 amide bonds. The van der Waals surface area contributed by atoms with Crippen LogP contribution in [-0.2, 0) is 16.1 Å². The SMILES string of the molecule is C=CC(=O)N1CCCC[C@@H](N2c3c(C)cc(CN4CCC(F)(F)C4)cc3NC2NC(=O)C2=CCNC(C)=C2)C1. The van der Waals surface area contributed by atoms with Gasteiger partial charge in [0.25, 0.3) is 11.8 Å². The Bertz CT molecular complexity index is 1210. The zero-order chi connectivity index (χ0) is 27.7. The van der Waals surface area contributed by atoms with Crippen LogP contribution in [0.2, 0.25) is 0 Å². The van der Waals surface area contributed by atoms with E-state index in [1.807, 2.05) is 37.0 Å². The summed E-state index contributed by atoms with van der Waals surface area (Å²) >= 11 is 0. The zero-order valence-electron chi connectivity index (χ0n) is 22.7. The minimum Gasteiger partial charge on any atom is -0.385 e. The van der Waals surface area contributed by atoms with Crippen LogP contribution in [0.3, 0.4) is 0 Å². The molecule has 0 saturated carbocycles. The van der Waals surface area contributed by atoms with Crippen molar-refractivity contribution in [2.45, 2.75) is 64.3 Å². The number of allylic oxidation sites excluding steroid dienone is 1. The van der Waals surface area contributed by atoms with Crippen LogP contribution in [0.4, 0.5) is 20.2 Å². The van der Waals surface area contributed by atoms with Gasteiger partial charge in [-0.05, 0) is 62.5 Å². The lowest BCUT2D eigenvalue weighted by Gasteiger charge is -2.37. The fourth-order valence-corrected chi connectivity index (χ4v) is 6.15. The number of nitrogens with zero attached hydrogens (tertiary/aromatic N) is 3. The molecule has 5 rings (SSSR count). The predicted octanol–water partition coefficient (Wildman–Crippen LogP) is 3.47. The number of rotatable bonds is 6. The number of fused-ring (bicyclic) bond motifs is 1. The Hall–Kier alpha value is -3.40. The molecule has 3 N–H and O–H groups in total. The fraction of sp³-hybridized carbons (Fsp3) is 0.517. The molecular formula is C29H38F2N6O2. The highest BCUT2D eigenvalue weighted by Gasteiger charge is 2.40. The Labute approximate surface area is 228 Å². The molecule has 4 aliphatic rings. The standard InChI is InChI=1S/C29H38F2N6O2/c1-4-25(38)36-11-6-5-7-23(17-36)37-26-19(2)13-21(16-35-12-9-29(30,31)18-35)15-24(26)33-28(37)34-27(39)22-8-10-32-20(3)14-22/h4,8,13-15,23,28,32-33H,1,5-7,9-12,16-18H2,2-3H3,(H,34,39)/t23-,28?/m1/s1. The summed E-state index contributed by atoms with van der Waals surface area (Å²) in [7, 11) is 0. The van der Waals surface area contributed by atoms with Crippen molar-refractivity contribution in [2.24, 2.45) is 0 Å². The Kier molecular flexibility index (Phi) is 7.66. The first kappa shape index (κ1) is 27.2. The Morgan fingerprint density at radius 2 is 2.05 bits per heavy atom. The molecule has 4 heterocycles. The second kappa shape index (κ2) is 11.0. The van der Waals surface area contributed by atoms with E-state index in [1.54, 1.807) is 4.90 Å². The predicted molar refractivity (Wildman–Crippen MR) is 148 cm³/mol. The number of carbonyl (C=O) groups excluding carboxylic acids is 2. The van der Waals surface area contributed by atoms with Gasteiger partial charge in [-0.1, -0.05) is 18.7 Å². The van der Waals surface area contributed by atoms with Gasteiger partial charge in [0.2, 0.25) is 5.91 Å². The van der Waals surface area contributed by atoms with Gasteiger partial charge in [0.15, 0.2) is 6.29 Å². The van der Waals surface area contributed by atoms with Crippen molar-refractivity contribution in [3.05, 3.63) is 59.3 Å². The van der Waals surface area contributed by atoms with Gasteiger partial charge in [-0.2, -0.15) is 0 Å². The number of benzene rings is 1. The third-order valence-electron chi connectivity index (χ3n) is 7.97. The normalized spacial score (nSPS) is 24.6. The van der Waals surface area contributed by atoms with E-state index in [0.717, 1.165) is 47.5 Å². The van der Waals surface area contributed by atoms with Crippen molar-refractivity contribution >= 4 is 23.2 Å². The maximum atomic E-state index is 13.8. The molecular weight excluding hydrogens is 502 g/mol. The van der Waals surface area contributed by atoms with Gasteiger partial charge in [0.1, 0.15) is 0 Å². The number of likely N-dealkylation sites (tertiary alicyclic amines) is 2. The summed E-state index contributed by atoms with van der Waals surface area (Å²) in [6.07, 6.45) is 7.14. The van der Waals surface area contributed by atoms with Crippen LogP contribution in [0.5, 0.6) is 0 Å². The molecule has 0 aliphatic carbocycles. The third kappa shape index (κ3) is 5.95. The number of nitrogens with one attached hydrogen (secondary N) is 3. The molecule has 2 fully saturated rings. The van der Waals surface area contributed by atoms with Crippen LogP contribution in [-0.4, -0.2) is 72.6 Å². The molecule has 39 heavy (non-hydrogen) atoms. The number of carbonyl (C=O) groups is 2. The van der Waals surface area contributed by atoms with Crippen molar-refractivity contribution in [3.63, 3.8) is 0 Å². The van der Waals surface area contributed by atoms with E-state index in [2.05, 4.69) is 33.5 Å². The van der Waals surface area contributed by atoms with E-state index in [9.17, 15) is 18.4 Å². The number of amides is 2. The van der Waals surface area contributed by atoms with Crippen LogP contribution in [0.15, 0.2) is 48.2 Å². The summed E-state index contributed by atoms with van der Waals surface area (Å²) < 4.78 is 27.6. The fourth-order valence-electron chi connectivity index (χ4n) is 6.15. The Morgan fingerprint density at radius 3 is 2.77 bits per heavy atom. The summed E-state index contributed by atoms with van der Waals surface area (Å²) in [5.41, 5.74) is 5.31. The van der Waals surface area contributed by atoms with Gasteiger partial charge in [-0.15, -0.1) is 0 Å². The first-order valence-corrected chi connectivity index (χ1v) is 13.8. The van der Waals surface area contributed by atoms with Crippen molar-refractivity contribution in [1.29, 1.82) is 0 Å². The van der Waals surface area contributed by atoms with Crippen LogP contribution in [0, 0.1) is 6.92 Å². The first-order valence-electron chi connectivity index (χ1n) is 13.8. The van der Waals surface area contributed by atoms with E-state index in [1.165, 1.54) is 6.08 Å². The van der Waals surface area contributed by atoms with Crippen molar-refractivity contribution in [3.8, 4) is 0 Å². The maximum absolute atomic E-state index is 13.8. The minimum atomic E-state index is -2.64. The molecule has 0 spiro atoms. The van der Waals surface area contributed by atoms with Gasteiger partial charge in [0, 0.05) is 50.4 Å². The quantitative estimate of drug-likeness (QED) is 0.480. The van der Waals surface area contributed by atoms with Crippen molar-refractivity contribution in [2.75, 3.05) is 42.9 Å². The van der Waals surface area contributed by atoms with Gasteiger partial charge >= 0.3 is 0 Å². The molecule has 0 bridgehead atoms. The van der Waals surface area contributed by atoms with Crippen LogP contribution in [0.1, 0.15) is 43.7 Å². The summed E-state index contributed by atoms with van der Waals surface area (Å²) in [6.45, 7) is 9.98. The first-order chi connectivity index (χ1) is 18.6. The van der Waals surface area contributed by atoms with Gasteiger partial charge < -0.3 is 25.8 Å². The zero-order valence-corrected chi connectivity index (χ0v) is 22.7. The average Bonchev–Trinajstić information content (AvgIpc) is 3.31. The topological polar surface area (TPSA) is 80.0 Å². The van der Waals surface area contributed by atoms with E-state index < -0.39 is 12.2 Å². The number of halogens is 2. The number of alkyl halides is 2. The van der Waals surface area contributed by atoms with Gasteiger partial charge in [-0.25, -0.2) is 8.78 Å². The smallest absolute Gasteiger partial charge is 0.261 e. The molecule has 1 unspecified atom stereocenters. The molecule has 4 aliphatic heterocycles. The van der Waals surface area contributed by atoms with Crippen molar-refractivity contribution < 1.29 is 18.4 Å². The average molecular weight is 541 g/mol. The van der Waals surface area contributed by atoms with Crippen LogP contribution < -0.4 is 20.9 Å². The highest BCUT2D eigenvalue weighted by molar-refractivity contribution is 5.97. The summed E-state index contributed by atoms with van der Waals surface area (Å²) in [5, 5.41) is 9.87. The molecule has 2 atom stereocenters. The molecule has 0 radical (unpaired) electrons. The van der Waals surface area contributed by atoms with E-state index in [0.29, 0.717) is 38.3 Å². The number of aryl methyl sites for hydroxylation is 1. The maximum Gasteiger partial charge on any atom is 0.261 e. The molecule has 10 heteroatoms. The molecule has 210 valence electrons. The molecule has 8 nitrogen and oxygen atoms in total. The highest BCUT2D eigenvalue weighted by atomic mass is 19.3. The lowest BCUT2D eigenvalue weighted by Crippen LogP contribution is -2.56. The second-order valence-corrected chi connectivity index (χ2v) is 11.1. The van der Waals surface area contributed by atoms with Crippen LogP contribution >= 0.6 is 0 Å². The largest absolute Gasteiger partial charge is 0.385 e. The minimum absolute atomic E-state index is 0.0310. The number of hydrogen-bond acceptors (Lipinski definition) is 6. The summed E-state index contributed by atoms with van der Waals surface area (Å²) in [5.74, 6) is -2.92. The lowest BCUT2D eigenvalue weighted by molar-refractivity contribution is -0.126. The van der Waals surface area contributed by atoms with E-state index in [-0.39, 0.29) is 30.8 Å². The highest BCUT2D eigenvalue weighted by Crippen LogP contribution is 2.41. The number of anilines is 2. The number of dihydropyridines is 1. The Morgan fingerprint density at radius 1 is 1.23 bits per heavy atom. The monoisotopic (exact) mass is 540 g/mol. The Balaban J connectivity index is 1.44. The second-order valence-electron chi connectivity index (χ2n) is 11.1. The summed E-state index contributed by atoms with van der Waals surface area (Å²) in [4.78, 5) is 31.7. The van der Waals surface area contributed by atoms with Gasteiger partial charge in [-0.3, -0.25) is 14.5 Å². The lowest BCUT2D eigenvalue weighted by atomic mass is 10.0. The van der Waals surface area contributed by atoms with E-state index >= 15 is 0 Å². The number of hydrogen-bond donors (Lipinski definition) is 3. The third-order valence-corrected chi connectivity index (χ3v) is 7.97. The van der Waals surface area contributed by atoms with Gasteiger partial charge in [0.05, 0.1) is 24.0 Å². The van der Waals surface area contributed by atoms with Crippen molar-refractivity contribution in [1.82, 2.24) is 20.4 Å². The van der Waals surface area contributed by atoms with Crippen LogP contribution in [0.25, 0.3) is 0 Å².